The van der Waals surface area contributed by atoms with Crippen molar-refractivity contribution >= 4 is 21.8 Å². The van der Waals surface area contributed by atoms with Crippen molar-refractivity contribution in [1.82, 2.24) is 9.62 Å². The van der Waals surface area contributed by atoms with Crippen LogP contribution in [0.15, 0.2) is 24.3 Å². The molecule has 0 fully saturated rings. The van der Waals surface area contributed by atoms with E-state index in [1.54, 1.807) is 24.3 Å². The van der Waals surface area contributed by atoms with Gasteiger partial charge in [-0.25, -0.2) is 0 Å². The van der Waals surface area contributed by atoms with Crippen molar-refractivity contribution in [1.29, 1.82) is 0 Å². The summed E-state index contributed by atoms with van der Waals surface area (Å²) in [6, 6.07) is 6.40. The molecule has 7 heteroatoms. The number of amides is 1. The lowest BCUT2D eigenvalue weighted by Crippen LogP contribution is -2.37. The van der Waals surface area contributed by atoms with Crippen LogP contribution in [0.1, 0.15) is 17.3 Å². The summed E-state index contributed by atoms with van der Waals surface area (Å²) in [6.07, 6.45) is 0. The fraction of sp³-hybridized carbons (Fsp3) is 0.417. The Morgan fingerprint density at radius 1 is 1.16 bits per heavy atom. The van der Waals surface area contributed by atoms with Crippen LogP contribution in [0.3, 0.4) is 0 Å². The topological polar surface area (TPSA) is 69.7 Å². The molecule has 1 aromatic rings. The van der Waals surface area contributed by atoms with Crippen LogP contribution >= 0.6 is 0 Å². The van der Waals surface area contributed by atoms with Gasteiger partial charge in [0.2, 0.25) is 0 Å². The van der Waals surface area contributed by atoms with Crippen LogP contribution in [0.25, 0.3) is 0 Å². The Bertz CT molecular complexity index is 538. The van der Waals surface area contributed by atoms with Crippen LogP contribution in [-0.4, -0.2) is 46.3 Å². The van der Waals surface area contributed by atoms with Gasteiger partial charge >= 0.3 is 10.2 Å². The first-order valence-corrected chi connectivity index (χ1v) is 7.25. The van der Waals surface area contributed by atoms with Gasteiger partial charge in [-0.15, -0.1) is 0 Å². The zero-order valence-corrected chi connectivity index (χ0v) is 12.4. The Kier molecular flexibility index (Phi) is 4.90. The second-order valence-electron chi connectivity index (χ2n) is 4.16. The number of anilines is 1. The van der Waals surface area contributed by atoms with Crippen molar-refractivity contribution in [3.63, 3.8) is 0 Å². The molecule has 1 aromatic carbocycles. The highest BCUT2D eigenvalue weighted by Crippen LogP contribution is 2.18. The van der Waals surface area contributed by atoms with E-state index in [4.69, 9.17) is 0 Å². The average molecular weight is 285 g/mol. The van der Waals surface area contributed by atoms with Crippen LogP contribution in [0.5, 0.6) is 0 Å². The number of carbonyl (C=O) groups excluding carboxylic acids is 1. The minimum absolute atomic E-state index is 0.174. The lowest BCUT2D eigenvalue weighted by atomic mass is 10.2. The molecule has 106 valence electrons. The van der Waals surface area contributed by atoms with Gasteiger partial charge < -0.3 is 5.32 Å². The molecule has 0 bridgehead atoms. The van der Waals surface area contributed by atoms with Gasteiger partial charge in [-0.05, 0) is 31.2 Å². The highest BCUT2D eigenvalue weighted by molar-refractivity contribution is 7.90. The van der Waals surface area contributed by atoms with Gasteiger partial charge in [0.25, 0.3) is 5.91 Å². The second-order valence-corrected chi connectivity index (χ2v) is 6.34. The molecule has 0 saturated carbocycles. The van der Waals surface area contributed by atoms with E-state index in [0.717, 1.165) is 8.61 Å². The van der Waals surface area contributed by atoms with Gasteiger partial charge in [0.15, 0.2) is 0 Å². The summed E-state index contributed by atoms with van der Waals surface area (Å²) in [5.41, 5.74) is 1.00. The Morgan fingerprint density at radius 3 is 2.11 bits per heavy atom. The van der Waals surface area contributed by atoms with Gasteiger partial charge in [0.05, 0.1) is 5.69 Å². The Labute approximate surface area is 114 Å². The van der Waals surface area contributed by atoms with Crippen molar-refractivity contribution in [2.24, 2.45) is 0 Å². The van der Waals surface area contributed by atoms with E-state index in [2.05, 4.69) is 5.32 Å². The number of hydrogen-bond donors (Lipinski definition) is 1. The van der Waals surface area contributed by atoms with E-state index in [9.17, 15) is 13.2 Å². The van der Waals surface area contributed by atoms with Gasteiger partial charge in [0.1, 0.15) is 0 Å². The number of rotatable bonds is 5. The molecule has 0 radical (unpaired) electrons. The van der Waals surface area contributed by atoms with Crippen molar-refractivity contribution < 1.29 is 13.2 Å². The van der Waals surface area contributed by atoms with E-state index in [0.29, 0.717) is 17.8 Å². The summed E-state index contributed by atoms with van der Waals surface area (Å²) in [4.78, 5) is 11.6. The SMILES string of the molecule is CCNC(=O)c1ccc(N(C)S(=O)(=O)N(C)C)cc1. The second kappa shape index (κ2) is 6.03. The first-order valence-electron chi connectivity index (χ1n) is 5.85. The minimum Gasteiger partial charge on any atom is -0.352 e. The van der Waals surface area contributed by atoms with Crippen molar-refractivity contribution in [3.05, 3.63) is 29.8 Å². The maximum Gasteiger partial charge on any atom is 0.303 e. The van der Waals surface area contributed by atoms with Crippen LogP contribution in [-0.2, 0) is 10.2 Å². The van der Waals surface area contributed by atoms with Crippen LogP contribution < -0.4 is 9.62 Å². The molecule has 0 unspecified atom stereocenters. The molecule has 0 heterocycles. The molecule has 19 heavy (non-hydrogen) atoms. The number of benzene rings is 1. The maximum atomic E-state index is 11.9. The minimum atomic E-state index is -3.51. The lowest BCUT2D eigenvalue weighted by Gasteiger charge is -2.23. The Balaban J connectivity index is 2.97. The normalized spacial score (nSPS) is 11.4. The summed E-state index contributed by atoms with van der Waals surface area (Å²) in [5.74, 6) is -0.174. The molecular formula is C12H19N3O3S. The van der Waals surface area contributed by atoms with Crippen LogP contribution in [0, 0.1) is 0 Å². The third-order valence-corrected chi connectivity index (χ3v) is 4.46. The summed E-state index contributed by atoms with van der Waals surface area (Å²) >= 11 is 0. The predicted octanol–water partition coefficient (Wildman–Crippen LogP) is 0.679. The average Bonchev–Trinajstić information content (AvgIpc) is 2.38. The van der Waals surface area contributed by atoms with Gasteiger partial charge in [-0.1, -0.05) is 0 Å². The van der Waals surface area contributed by atoms with E-state index in [1.807, 2.05) is 6.92 Å². The van der Waals surface area contributed by atoms with Gasteiger partial charge in [0, 0.05) is 33.3 Å². The lowest BCUT2D eigenvalue weighted by molar-refractivity contribution is 0.0956. The molecule has 0 aliphatic heterocycles. The number of nitrogens with one attached hydrogen (secondary N) is 1. The van der Waals surface area contributed by atoms with Gasteiger partial charge in [-0.3, -0.25) is 9.10 Å². The van der Waals surface area contributed by atoms with E-state index in [-0.39, 0.29) is 5.91 Å². The van der Waals surface area contributed by atoms with Crippen molar-refractivity contribution in [2.75, 3.05) is 32.0 Å². The fourth-order valence-electron chi connectivity index (χ4n) is 1.46. The van der Waals surface area contributed by atoms with Crippen LogP contribution in [0.4, 0.5) is 5.69 Å². The maximum absolute atomic E-state index is 11.9. The Hall–Kier alpha value is -1.60. The smallest absolute Gasteiger partial charge is 0.303 e. The molecule has 1 N–H and O–H groups in total. The summed E-state index contributed by atoms with van der Waals surface area (Å²) < 4.78 is 26.1. The summed E-state index contributed by atoms with van der Waals surface area (Å²) in [5, 5.41) is 2.68. The monoisotopic (exact) mass is 285 g/mol. The van der Waals surface area contributed by atoms with E-state index < -0.39 is 10.2 Å². The number of hydrogen-bond acceptors (Lipinski definition) is 3. The molecule has 0 spiro atoms. The first kappa shape index (κ1) is 15.5. The first-order chi connectivity index (χ1) is 8.80. The third-order valence-electron chi connectivity index (χ3n) is 2.64. The highest BCUT2D eigenvalue weighted by Gasteiger charge is 2.20. The highest BCUT2D eigenvalue weighted by atomic mass is 32.2. The quantitative estimate of drug-likeness (QED) is 0.865. The van der Waals surface area contributed by atoms with Crippen molar-refractivity contribution in [2.45, 2.75) is 6.92 Å². The number of carbonyl (C=O) groups is 1. The zero-order chi connectivity index (χ0) is 14.6. The molecular weight excluding hydrogens is 266 g/mol. The molecule has 0 atom stereocenters. The molecule has 0 aromatic heterocycles. The van der Waals surface area contributed by atoms with Gasteiger partial charge in [-0.2, -0.15) is 12.7 Å². The molecule has 0 saturated heterocycles. The number of nitrogens with zero attached hydrogens (tertiary/aromatic N) is 2. The zero-order valence-electron chi connectivity index (χ0n) is 11.5. The van der Waals surface area contributed by atoms with E-state index >= 15 is 0 Å². The Morgan fingerprint density at radius 2 is 1.68 bits per heavy atom. The molecule has 1 amide bonds. The molecule has 0 aliphatic rings. The molecule has 6 nitrogen and oxygen atoms in total. The fourth-order valence-corrected chi connectivity index (χ4v) is 2.34. The summed E-state index contributed by atoms with van der Waals surface area (Å²) in [7, 11) is 0.896. The summed E-state index contributed by atoms with van der Waals surface area (Å²) in [6.45, 7) is 2.39. The molecule has 1 rings (SSSR count). The largest absolute Gasteiger partial charge is 0.352 e. The third kappa shape index (κ3) is 3.45. The van der Waals surface area contributed by atoms with E-state index in [1.165, 1.54) is 21.1 Å². The standard InChI is InChI=1S/C12H19N3O3S/c1-5-13-12(16)10-6-8-11(9-7-10)15(4)19(17,18)14(2)3/h6-9H,5H2,1-4H3,(H,13,16). The molecule has 0 aliphatic carbocycles. The predicted molar refractivity (Wildman–Crippen MR) is 75.5 cm³/mol. The van der Waals surface area contributed by atoms with Crippen LogP contribution in [0.2, 0.25) is 0 Å². The van der Waals surface area contributed by atoms with Crippen molar-refractivity contribution in [3.8, 4) is 0 Å².